The second-order valence-electron chi connectivity index (χ2n) is 4.06. The van der Waals surface area contributed by atoms with Gasteiger partial charge in [-0.25, -0.2) is 10.4 Å². The van der Waals surface area contributed by atoms with Gasteiger partial charge in [-0.15, -0.1) is 11.3 Å². The number of hydrogen-bond donors (Lipinski definition) is 2. The van der Waals surface area contributed by atoms with Gasteiger partial charge in [0.05, 0.1) is 12.0 Å². The molecule has 3 atom stereocenters. The van der Waals surface area contributed by atoms with Crippen molar-refractivity contribution in [1.29, 1.82) is 0 Å². The van der Waals surface area contributed by atoms with Crippen LogP contribution in [0.4, 0.5) is 0 Å². The van der Waals surface area contributed by atoms with Crippen molar-refractivity contribution in [3.05, 3.63) is 22.4 Å². The molecule has 1 aromatic heterocycles. The Morgan fingerprint density at radius 2 is 2.19 bits per heavy atom. The molecule has 16 heavy (non-hydrogen) atoms. The van der Waals surface area contributed by atoms with Crippen LogP contribution in [0.1, 0.15) is 10.9 Å². The molecule has 0 saturated carbocycles. The molecule has 1 aromatic rings. The van der Waals surface area contributed by atoms with E-state index >= 15 is 0 Å². The van der Waals surface area contributed by atoms with Gasteiger partial charge in [0.15, 0.2) is 0 Å². The van der Waals surface area contributed by atoms with Gasteiger partial charge in [0.25, 0.3) is 0 Å². The molecule has 84 valence electrons. The molecule has 3 heterocycles. The summed E-state index contributed by atoms with van der Waals surface area (Å²) in [4.78, 5) is 24.4. The molecular weight excluding hydrogens is 226 g/mol. The van der Waals surface area contributed by atoms with Gasteiger partial charge in [-0.1, -0.05) is 6.07 Å². The molecule has 2 N–H and O–H groups in total. The fourth-order valence-electron chi connectivity index (χ4n) is 2.42. The van der Waals surface area contributed by atoms with E-state index in [1.165, 1.54) is 0 Å². The van der Waals surface area contributed by atoms with Gasteiger partial charge >= 0.3 is 0 Å². The first-order valence-corrected chi connectivity index (χ1v) is 5.93. The van der Waals surface area contributed by atoms with E-state index in [4.69, 9.17) is 0 Å². The first kappa shape index (κ1) is 9.95. The van der Waals surface area contributed by atoms with Gasteiger partial charge in [0, 0.05) is 11.9 Å². The van der Waals surface area contributed by atoms with E-state index in [0.29, 0.717) is 0 Å². The van der Waals surface area contributed by atoms with E-state index in [1.807, 2.05) is 17.5 Å². The van der Waals surface area contributed by atoms with Gasteiger partial charge in [0.2, 0.25) is 11.8 Å². The summed E-state index contributed by atoms with van der Waals surface area (Å²) in [6.45, 7) is 0. The number of amides is 2. The van der Waals surface area contributed by atoms with Crippen molar-refractivity contribution in [2.45, 2.75) is 12.1 Å². The molecule has 5 nitrogen and oxygen atoms in total. The predicted molar refractivity (Wildman–Crippen MR) is 58.4 cm³/mol. The number of hydrogen-bond acceptors (Lipinski definition) is 5. The summed E-state index contributed by atoms with van der Waals surface area (Å²) in [6, 6.07) is 3.47. The fourth-order valence-corrected chi connectivity index (χ4v) is 3.24. The number of carbonyl (C=O) groups is 2. The number of rotatable bonds is 1. The Morgan fingerprint density at radius 3 is 2.88 bits per heavy atom. The summed E-state index contributed by atoms with van der Waals surface area (Å²) < 4.78 is 0. The minimum Gasteiger partial charge on any atom is -0.295 e. The molecule has 0 bridgehead atoms. The van der Waals surface area contributed by atoms with Crippen LogP contribution in [-0.2, 0) is 9.59 Å². The quantitative estimate of drug-likeness (QED) is 0.669. The molecule has 0 aliphatic carbocycles. The van der Waals surface area contributed by atoms with Crippen molar-refractivity contribution in [2.24, 2.45) is 5.92 Å². The molecule has 0 spiro atoms. The second kappa shape index (κ2) is 3.38. The standard InChI is InChI=1S/C10H11N3O2S/c1-13-8-6(9(14)11-10(8)15)7(12-13)5-3-2-4-16-5/h2-4,6-8,12H,1H3,(H,11,14,15)/t6-,7+,8-/m0/s1. The van der Waals surface area contributed by atoms with E-state index < -0.39 is 0 Å². The van der Waals surface area contributed by atoms with Crippen LogP contribution in [0, 0.1) is 5.92 Å². The number of fused-ring (bicyclic) bond motifs is 1. The van der Waals surface area contributed by atoms with E-state index in [2.05, 4.69) is 10.7 Å². The van der Waals surface area contributed by atoms with E-state index in [-0.39, 0.29) is 29.8 Å². The maximum absolute atomic E-state index is 11.7. The summed E-state index contributed by atoms with van der Waals surface area (Å²) in [5.41, 5.74) is 3.18. The van der Waals surface area contributed by atoms with Crippen LogP contribution in [0.25, 0.3) is 0 Å². The summed E-state index contributed by atoms with van der Waals surface area (Å²) in [5, 5.41) is 6.09. The van der Waals surface area contributed by atoms with Gasteiger partial charge in [-0.3, -0.25) is 14.9 Å². The minimum absolute atomic E-state index is 0.0820. The molecule has 0 radical (unpaired) electrons. The molecule has 6 heteroatoms. The Bertz CT molecular complexity index is 445. The van der Waals surface area contributed by atoms with Gasteiger partial charge in [-0.05, 0) is 11.4 Å². The minimum atomic E-state index is -0.375. The highest BCUT2D eigenvalue weighted by molar-refractivity contribution is 7.10. The molecule has 3 rings (SSSR count). The molecule has 0 aromatic carbocycles. The Labute approximate surface area is 96.4 Å². The third kappa shape index (κ3) is 1.24. The molecule has 2 fully saturated rings. The SMILES string of the molecule is CN1N[C@H](c2cccs2)[C@@H]2C(=O)NC(=O)[C@H]21. The maximum atomic E-state index is 11.7. The highest BCUT2D eigenvalue weighted by atomic mass is 32.1. The number of likely N-dealkylation sites (N-methyl/N-ethyl adjacent to an activating group) is 1. The molecular formula is C10H11N3O2S. The van der Waals surface area contributed by atoms with Crippen LogP contribution >= 0.6 is 11.3 Å². The van der Waals surface area contributed by atoms with Gasteiger partial charge in [0.1, 0.15) is 6.04 Å². The third-order valence-corrected chi connectivity index (χ3v) is 4.08. The summed E-state index contributed by atoms with van der Waals surface area (Å²) in [5.74, 6) is -0.689. The largest absolute Gasteiger partial charge is 0.295 e. The number of nitrogens with zero attached hydrogens (tertiary/aromatic N) is 1. The number of imide groups is 1. The Balaban J connectivity index is 1.99. The molecule has 2 aliphatic heterocycles. The van der Waals surface area contributed by atoms with E-state index in [9.17, 15) is 9.59 Å². The zero-order chi connectivity index (χ0) is 11.3. The lowest BCUT2D eigenvalue weighted by molar-refractivity contribution is -0.127. The first-order chi connectivity index (χ1) is 7.68. The van der Waals surface area contributed by atoms with Crippen molar-refractivity contribution < 1.29 is 9.59 Å². The molecule has 2 saturated heterocycles. The van der Waals surface area contributed by atoms with E-state index in [1.54, 1.807) is 23.4 Å². The van der Waals surface area contributed by atoms with Gasteiger partial charge in [-0.2, -0.15) is 0 Å². The van der Waals surface area contributed by atoms with Crippen LogP contribution in [0.2, 0.25) is 0 Å². The van der Waals surface area contributed by atoms with Crippen molar-refractivity contribution >= 4 is 23.2 Å². The lowest BCUT2D eigenvalue weighted by Crippen LogP contribution is -2.41. The highest BCUT2D eigenvalue weighted by Crippen LogP contribution is 2.37. The summed E-state index contributed by atoms with van der Waals surface area (Å²) in [6.07, 6.45) is 0. The van der Waals surface area contributed by atoms with E-state index in [0.717, 1.165) is 4.88 Å². The van der Waals surface area contributed by atoms with Crippen molar-refractivity contribution in [2.75, 3.05) is 7.05 Å². The predicted octanol–water partition coefficient (Wildman–Crippen LogP) is -0.120. The van der Waals surface area contributed by atoms with Crippen molar-refractivity contribution in [3.63, 3.8) is 0 Å². The van der Waals surface area contributed by atoms with Crippen LogP contribution in [-0.4, -0.2) is 29.9 Å². The van der Waals surface area contributed by atoms with Gasteiger partial charge < -0.3 is 0 Å². The monoisotopic (exact) mass is 237 g/mol. The Morgan fingerprint density at radius 1 is 1.38 bits per heavy atom. The topological polar surface area (TPSA) is 61.4 Å². The van der Waals surface area contributed by atoms with Crippen LogP contribution < -0.4 is 10.7 Å². The lowest BCUT2D eigenvalue weighted by atomic mass is 9.95. The number of carbonyl (C=O) groups excluding carboxylic acids is 2. The number of hydrazine groups is 1. The Kier molecular flexibility index (Phi) is 2.10. The van der Waals surface area contributed by atoms with Crippen LogP contribution in [0.5, 0.6) is 0 Å². The fraction of sp³-hybridized carbons (Fsp3) is 0.400. The number of nitrogens with one attached hydrogen (secondary N) is 2. The zero-order valence-electron chi connectivity index (χ0n) is 8.64. The van der Waals surface area contributed by atoms with Crippen LogP contribution in [0.3, 0.4) is 0 Å². The number of thiophene rings is 1. The smallest absolute Gasteiger partial charge is 0.246 e. The molecule has 2 amide bonds. The lowest BCUT2D eigenvalue weighted by Gasteiger charge is -2.15. The second-order valence-corrected chi connectivity index (χ2v) is 5.04. The molecule has 0 unspecified atom stereocenters. The average molecular weight is 237 g/mol. The Hall–Kier alpha value is -1.24. The normalized spacial score (nSPS) is 34.2. The maximum Gasteiger partial charge on any atom is 0.246 e. The summed E-state index contributed by atoms with van der Waals surface area (Å²) >= 11 is 1.59. The highest BCUT2D eigenvalue weighted by Gasteiger charge is 2.53. The summed E-state index contributed by atoms with van der Waals surface area (Å²) in [7, 11) is 1.80. The van der Waals surface area contributed by atoms with Crippen molar-refractivity contribution in [3.8, 4) is 0 Å². The zero-order valence-corrected chi connectivity index (χ0v) is 9.45. The molecule has 2 aliphatic rings. The first-order valence-electron chi connectivity index (χ1n) is 5.05. The third-order valence-electron chi connectivity index (χ3n) is 3.13. The van der Waals surface area contributed by atoms with Crippen molar-refractivity contribution in [1.82, 2.24) is 15.8 Å². The van der Waals surface area contributed by atoms with Crippen LogP contribution in [0.15, 0.2) is 17.5 Å². The average Bonchev–Trinajstić information content (AvgIpc) is 2.87.